The maximum absolute atomic E-state index is 12.5. The van der Waals surface area contributed by atoms with Crippen LogP contribution in [0.15, 0.2) is 41.9 Å². The molecule has 0 saturated heterocycles. The largest absolute Gasteiger partial charge is 0.294 e. The van der Waals surface area contributed by atoms with Gasteiger partial charge in [0, 0.05) is 28.5 Å². The van der Waals surface area contributed by atoms with Crippen molar-refractivity contribution in [1.82, 2.24) is 20.4 Å². The van der Waals surface area contributed by atoms with Crippen LogP contribution in [0.2, 0.25) is 0 Å². The van der Waals surface area contributed by atoms with Crippen LogP contribution in [0.5, 0.6) is 0 Å². The van der Waals surface area contributed by atoms with Crippen LogP contribution in [0, 0.1) is 13.8 Å². The van der Waals surface area contributed by atoms with Crippen LogP contribution in [0.3, 0.4) is 0 Å². The van der Waals surface area contributed by atoms with Crippen LogP contribution in [-0.4, -0.2) is 21.4 Å². The van der Waals surface area contributed by atoms with Crippen LogP contribution in [-0.2, 0) is 6.42 Å². The molecule has 0 aliphatic heterocycles. The molecule has 7 heteroatoms. The molecule has 0 atom stereocenters. The summed E-state index contributed by atoms with van der Waals surface area (Å²) in [6, 6.07) is 9.08. The molecule has 3 aromatic rings. The van der Waals surface area contributed by atoms with Gasteiger partial charge in [-0.3, -0.25) is 25.0 Å². The van der Waals surface area contributed by atoms with Crippen molar-refractivity contribution in [3.63, 3.8) is 0 Å². The zero-order valence-corrected chi connectivity index (χ0v) is 15.7. The Labute approximate surface area is 155 Å². The van der Waals surface area contributed by atoms with Crippen molar-refractivity contribution in [3.8, 4) is 5.13 Å². The molecule has 0 saturated carbocycles. The Morgan fingerprint density at radius 2 is 1.81 bits per heavy atom. The molecule has 0 aliphatic rings. The highest BCUT2D eigenvalue weighted by molar-refractivity contribution is 7.12. The van der Waals surface area contributed by atoms with Crippen molar-refractivity contribution in [2.45, 2.75) is 27.2 Å². The highest BCUT2D eigenvalue weighted by atomic mass is 32.1. The lowest BCUT2D eigenvalue weighted by atomic mass is 10.1. The third-order valence-corrected chi connectivity index (χ3v) is 4.96. The quantitative estimate of drug-likeness (QED) is 0.695. The van der Waals surface area contributed by atoms with E-state index < -0.39 is 0 Å². The molecule has 0 spiro atoms. The number of carbonyl (C=O) groups is 2. The van der Waals surface area contributed by atoms with Gasteiger partial charge in [-0.1, -0.05) is 19.1 Å². The molecule has 26 heavy (non-hydrogen) atoms. The van der Waals surface area contributed by atoms with Crippen LogP contribution >= 0.6 is 11.3 Å². The van der Waals surface area contributed by atoms with E-state index in [2.05, 4.69) is 22.8 Å². The molecule has 2 amide bonds. The first kappa shape index (κ1) is 17.9. The van der Waals surface area contributed by atoms with Gasteiger partial charge in [0.1, 0.15) is 0 Å². The summed E-state index contributed by atoms with van der Waals surface area (Å²) in [5.74, 6) is -0.714. The van der Waals surface area contributed by atoms with Gasteiger partial charge in [0.2, 0.25) is 0 Å². The first-order chi connectivity index (χ1) is 12.5. The molecule has 0 fully saturated rings. The number of nitrogens with one attached hydrogen (secondary N) is 2. The van der Waals surface area contributed by atoms with Crippen LogP contribution in [0.25, 0.3) is 5.13 Å². The van der Waals surface area contributed by atoms with Crippen LogP contribution in [0.1, 0.15) is 44.6 Å². The number of aryl methyl sites for hydroxylation is 2. The molecular formula is C19H20N4O2S. The number of carbonyl (C=O) groups excluding carboxylic acids is 2. The minimum Gasteiger partial charge on any atom is -0.294 e. The van der Waals surface area contributed by atoms with Gasteiger partial charge in [-0.05, 0) is 44.0 Å². The van der Waals surface area contributed by atoms with Crippen molar-refractivity contribution in [2.75, 3.05) is 0 Å². The smallest absolute Gasteiger partial charge is 0.271 e. The summed E-state index contributed by atoms with van der Waals surface area (Å²) in [5.41, 5.74) is 8.78. The summed E-state index contributed by atoms with van der Waals surface area (Å²) >= 11 is 1.50. The van der Waals surface area contributed by atoms with Crippen LogP contribution in [0.4, 0.5) is 0 Å². The molecule has 0 aliphatic carbocycles. The zero-order valence-electron chi connectivity index (χ0n) is 14.9. The van der Waals surface area contributed by atoms with Crippen molar-refractivity contribution < 1.29 is 9.59 Å². The summed E-state index contributed by atoms with van der Waals surface area (Å²) in [6.45, 7) is 5.82. The van der Waals surface area contributed by atoms with E-state index >= 15 is 0 Å². The lowest BCUT2D eigenvalue weighted by Gasteiger charge is -2.08. The Balaban J connectivity index is 1.70. The maximum atomic E-state index is 12.5. The number of thiazole rings is 1. The number of benzene rings is 1. The molecule has 2 heterocycles. The maximum Gasteiger partial charge on any atom is 0.271 e. The molecule has 2 N–H and O–H groups in total. The van der Waals surface area contributed by atoms with Gasteiger partial charge in [0.05, 0.1) is 5.56 Å². The highest BCUT2D eigenvalue weighted by Gasteiger charge is 2.18. The summed E-state index contributed by atoms with van der Waals surface area (Å²) < 4.78 is 1.92. The Morgan fingerprint density at radius 3 is 2.42 bits per heavy atom. The Hall–Kier alpha value is -2.93. The fourth-order valence-corrected chi connectivity index (χ4v) is 3.51. The van der Waals surface area contributed by atoms with E-state index in [9.17, 15) is 9.59 Å². The lowest BCUT2D eigenvalue weighted by Crippen LogP contribution is -2.41. The van der Waals surface area contributed by atoms with Gasteiger partial charge in [0.25, 0.3) is 11.8 Å². The van der Waals surface area contributed by atoms with Crippen molar-refractivity contribution >= 4 is 23.2 Å². The van der Waals surface area contributed by atoms with E-state index in [-0.39, 0.29) is 11.8 Å². The second-order valence-electron chi connectivity index (χ2n) is 5.89. The fraction of sp³-hybridized carbons (Fsp3) is 0.211. The SMILES string of the molecule is CCc1ccc(C(=O)NNC(=O)c2cc(C)n(-c3nccs3)c2C)cc1. The van der Waals surface area contributed by atoms with Gasteiger partial charge < -0.3 is 0 Å². The van der Waals surface area contributed by atoms with E-state index in [0.29, 0.717) is 11.1 Å². The third-order valence-electron chi connectivity index (χ3n) is 4.20. The molecule has 0 bridgehead atoms. The van der Waals surface area contributed by atoms with Gasteiger partial charge in [0.15, 0.2) is 5.13 Å². The predicted octanol–water partition coefficient (Wildman–Crippen LogP) is 3.19. The van der Waals surface area contributed by atoms with E-state index in [1.54, 1.807) is 24.4 Å². The number of nitrogens with zero attached hydrogens (tertiary/aromatic N) is 2. The second-order valence-corrected chi connectivity index (χ2v) is 6.77. The number of hydrogen-bond donors (Lipinski definition) is 2. The minimum atomic E-state index is -0.362. The third kappa shape index (κ3) is 3.52. The van der Waals surface area contributed by atoms with Gasteiger partial charge in [-0.25, -0.2) is 4.98 Å². The predicted molar refractivity (Wildman–Crippen MR) is 102 cm³/mol. The van der Waals surface area contributed by atoms with Crippen LogP contribution < -0.4 is 10.9 Å². The minimum absolute atomic E-state index is 0.352. The molecular weight excluding hydrogens is 348 g/mol. The number of aromatic nitrogens is 2. The van der Waals surface area contributed by atoms with Gasteiger partial charge in [-0.15, -0.1) is 11.3 Å². The monoisotopic (exact) mass is 368 g/mol. The summed E-state index contributed by atoms with van der Waals surface area (Å²) in [7, 11) is 0. The van der Waals surface area contributed by atoms with E-state index in [4.69, 9.17) is 0 Å². The summed E-state index contributed by atoms with van der Waals surface area (Å²) in [5, 5.41) is 2.69. The van der Waals surface area contributed by atoms with Gasteiger partial charge in [-0.2, -0.15) is 0 Å². The average Bonchev–Trinajstić information content (AvgIpc) is 3.27. The highest BCUT2D eigenvalue weighted by Crippen LogP contribution is 2.22. The lowest BCUT2D eigenvalue weighted by molar-refractivity contribution is 0.0846. The molecule has 6 nitrogen and oxygen atoms in total. The first-order valence-electron chi connectivity index (χ1n) is 8.29. The van der Waals surface area contributed by atoms with Crippen molar-refractivity contribution in [2.24, 2.45) is 0 Å². The van der Waals surface area contributed by atoms with Crippen molar-refractivity contribution in [1.29, 1.82) is 0 Å². The molecule has 1 aromatic carbocycles. The van der Waals surface area contributed by atoms with E-state index in [1.807, 2.05) is 35.9 Å². The number of hydrogen-bond acceptors (Lipinski definition) is 4. The Morgan fingerprint density at radius 1 is 1.12 bits per heavy atom. The number of hydrazine groups is 1. The van der Waals surface area contributed by atoms with Crippen molar-refractivity contribution in [3.05, 3.63) is 70.0 Å². The number of amides is 2. The normalized spacial score (nSPS) is 10.6. The second kappa shape index (κ2) is 7.53. The average molecular weight is 368 g/mol. The van der Waals surface area contributed by atoms with E-state index in [1.165, 1.54) is 11.3 Å². The molecule has 0 unspecified atom stereocenters. The molecule has 3 rings (SSSR count). The zero-order chi connectivity index (χ0) is 18.7. The molecule has 2 aromatic heterocycles. The van der Waals surface area contributed by atoms with E-state index in [0.717, 1.165) is 28.5 Å². The molecule has 0 radical (unpaired) electrons. The Bertz CT molecular complexity index is 927. The fourth-order valence-electron chi connectivity index (χ4n) is 2.76. The Kier molecular flexibility index (Phi) is 5.18. The summed E-state index contributed by atoms with van der Waals surface area (Å²) in [4.78, 5) is 29.0. The topological polar surface area (TPSA) is 76.0 Å². The summed E-state index contributed by atoms with van der Waals surface area (Å²) in [6.07, 6.45) is 2.63. The van der Waals surface area contributed by atoms with Gasteiger partial charge >= 0.3 is 0 Å². The first-order valence-corrected chi connectivity index (χ1v) is 9.17. The molecule has 134 valence electrons. The number of rotatable bonds is 4. The standard InChI is InChI=1S/C19H20N4O2S/c1-4-14-5-7-15(8-6-14)17(24)21-22-18(25)16-11-12(2)23(13(16)3)19-20-9-10-26-19/h5-11H,4H2,1-3H3,(H,21,24)(H,22,25).